The molecular weight excluding hydrogens is 431 g/mol. The Kier molecular flexibility index (Phi) is 5.99. The van der Waals surface area contributed by atoms with Crippen LogP contribution in [0.5, 0.6) is 0 Å². The number of nitrogens with one attached hydrogen (secondary N) is 2. The molecule has 4 rings (SSSR count). The predicted molar refractivity (Wildman–Crippen MR) is 118 cm³/mol. The number of benzene rings is 2. The van der Waals surface area contributed by atoms with E-state index in [1.165, 1.54) is 42.5 Å². The Bertz CT molecular complexity index is 1280. The molecule has 0 aliphatic heterocycles. The highest BCUT2D eigenvalue weighted by Crippen LogP contribution is 2.30. The van der Waals surface area contributed by atoms with Crippen molar-refractivity contribution in [2.45, 2.75) is 26.2 Å². The number of carbonyl (C=O) groups excluding carboxylic acids is 2. The van der Waals surface area contributed by atoms with E-state index in [-0.39, 0.29) is 22.7 Å². The number of amides is 2. The fourth-order valence-corrected chi connectivity index (χ4v) is 3.66. The van der Waals surface area contributed by atoms with Crippen LogP contribution in [0, 0.1) is 22.9 Å². The zero-order valence-corrected chi connectivity index (χ0v) is 17.6. The second kappa shape index (κ2) is 9.03. The molecule has 3 aromatic rings. The molecule has 0 unspecified atom stereocenters. The lowest BCUT2D eigenvalue weighted by Crippen LogP contribution is -2.22. The molecule has 0 fully saturated rings. The summed E-state index contributed by atoms with van der Waals surface area (Å²) in [6.07, 6.45) is 1.86. The molecule has 0 spiro atoms. The Balaban J connectivity index is 1.55. The lowest BCUT2D eigenvalue weighted by atomic mass is 9.93. The fourth-order valence-electron chi connectivity index (χ4n) is 3.66. The van der Waals surface area contributed by atoms with E-state index in [1.54, 1.807) is 13.0 Å². The summed E-state index contributed by atoms with van der Waals surface area (Å²) in [4.78, 5) is 35.3. The maximum absolute atomic E-state index is 13.9. The number of rotatable bonds is 5. The molecule has 0 bridgehead atoms. The molecule has 2 aromatic carbocycles. The summed E-state index contributed by atoms with van der Waals surface area (Å²) >= 11 is 0. The number of aryl methyl sites for hydroxylation is 1. The summed E-state index contributed by atoms with van der Waals surface area (Å²) in [5, 5.41) is 17.5. The van der Waals surface area contributed by atoms with Crippen LogP contribution in [0.2, 0.25) is 0 Å². The molecule has 1 heterocycles. The molecule has 1 aromatic heterocycles. The number of nitro benzene ring substituents is 1. The maximum atomic E-state index is 13.9. The van der Waals surface area contributed by atoms with Gasteiger partial charge in [-0.05, 0) is 44.0 Å². The van der Waals surface area contributed by atoms with Gasteiger partial charge in [0, 0.05) is 35.2 Å². The molecule has 0 atom stereocenters. The highest BCUT2D eigenvalue weighted by atomic mass is 19.1. The average Bonchev–Trinajstić information content (AvgIpc) is 3.16. The number of halogens is 1. The first-order chi connectivity index (χ1) is 15.8. The Labute approximate surface area is 187 Å². The van der Waals surface area contributed by atoms with Gasteiger partial charge in [0.25, 0.3) is 17.5 Å². The number of fused-ring (bicyclic) bond motifs is 1. The van der Waals surface area contributed by atoms with Crippen LogP contribution in [-0.4, -0.2) is 22.4 Å². The standard InChI is InChI=1S/C23H19FN4O5/c1-13-20-18(26-27-22(29)14-9-11-15(12-10-14)28(31)32)7-4-8-19(20)33-21(13)23(30)25-17-6-3-2-5-16(17)24/h2-3,5-6,9-12H,4,7-8H2,1H3,(H,25,30)(H,27,29)/b26-18+. The summed E-state index contributed by atoms with van der Waals surface area (Å²) in [5.41, 5.74) is 4.34. The second-order valence-electron chi connectivity index (χ2n) is 7.45. The molecule has 0 saturated heterocycles. The van der Waals surface area contributed by atoms with Crippen molar-refractivity contribution in [2.24, 2.45) is 5.10 Å². The summed E-state index contributed by atoms with van der Waals surface area (Å²) in [7, 11) is 0. The zero-order chi connectivity index (χ0) is 23.5. The predicted octanol–water partition coefficient (Wildman–Crippen LogP) is 4.36. The molecule has 0 saturated carbocycles. The van der Waals surface area contributed by atoms with Crippen molar-refractivity contribution in [3.8, 4) is 0 Å². The number of hydrogen-bond donors (Lipinski definition) is 2. The third kappa shape index (κ3) is 4.49. The van der Waals surface area contributed by atoms with Crippen LogP contribution in [0.1, 0.15) is 50.6 Å². The molecule has 1 aliphatic rings. The van der Waals surface area contributed by atoms with Crippen LogP contribution in [0.4, 0.5) is 15.8 Å². The highest BCUT2D eigenvalue weighted by Gasteiger charge is 2.28. The summed E-state index contributed by atoms with van der Waals surface area (Å²) in [6, 6.07) is 11.0. The van der Waals surface area contributed by atoms with Crippen molar-refractivity contribution in [1.82, 2.24) is 5.43 Å². The van der Waals surface area contributed by atoms with Gasteiger partial charge in [0.2, 0.25) is 0 Å². The number of hydrazone groups is 1. The average molecular weight is 450 g/mol. The van der Waals surface area contributed by atoms with Gasteiger partial charge >= 0.3 is 0 Å². The first-order valence-corrected chi connectivity index (χ1v) is 10.1. The minimum Gasteiger partial charge on any atom is -0.455 e. The smallest absolute Gasteiger partial charge is 0.291 e. The highest BCUT2D eigenvalue weighted by molar-refractivity contribution is 6.09. The van der Waals surface area contributed by atoms with E-state index in [1.807, 2.05) is 0 Å². The fraction of sp³-hybridized carbons (Fsp3) is 0.174. The number of carbonyl (C=O) groups is 2. The minimum absolute atomic E-state index is 0.0422. The van der Waals surface area contributed by atoms with Gasteiger partial charge in [-0.25, -0.2) is 9.82 Å². The molecule has 1 aliphatic carbocycles. The molecule has 2 amide bonds. The van der Waals surface area contributed by atoms with Crippen molar-refractivity contribution >= 4 is 28.9 Å². The molecule has 9 nitrogen and oxygen atoms in total. The van der Waals surface area contributed by atoms with E-state index in [0.717, 1.165) is 0 Å². The second-order valence-corrected chi connectivity index (χ2v) is 7.45. The van der Waals surface area contributed by atoms with Gasteiger partial charge in [0.15, 0.2) is 5.76 Å². The third-order valence-corrected chi connectivity index (χ3v) is 5.29. The van der Waals surface area contributed by atoms with Crippen molar-refractivity contribution < 1.29 is 23.3 Å². The quantitative estimate of drug-likeness (QED) is 0.441. The van der Waals surface area contributed by atoms with Crippen molar-refractivity contribution in [2.75, 3.05) is 5.32 Å². The molecule has 168 valence electrons. The van der Waals surface area contributed by atoms with Crippen LogP contribution in [-0.2, 0) is 6.42 Å². The van der Waals surface area contributed by atoms with Gasteiger partial charge in [-0.2, -0.15) is 5.10 Å². The molecule has 0 radical (unpaired) electrons. The Morgan fingerprint density at radius 2 is 1.82 bits per heavy atom. The SMILES string of the molecule is Cc1c(C(=O)Nc2ccccc2F)oc2c1/C(=N/NC(=O)c1ccc([N+](=O)[O-])cc1)CCC2. The lowest BCUT2D eigenvalue weighted by molar-refractivity contribution is -0.384. The van der Waals surface area contributed by atoms with E-state index in [4.69, 9.17) is 4.42 Å². The van der Waals surface area contributed by atoms with E-state index in [0.29, 0.717) is 41.9 Å². The zero-order valence-electron chi connectivity index (χ0n) is 17.6. The third-order valence-electron chi connectivity index (χ3n) is 5.29. The first kappa shape index (κ1) is 21.9. The number of nitro groups is 1. The topological polar surface area (TPSA) is 127 Å². The normalized spacial score (nSPS) is 13.9. The van der Waals surface area contributed by atoms with E-state index in [9.17, 15) is 24.1 Å². The Morgan fingerprint density at radius 1 is 1.09 bits per heavy atom. The van der Waals surface area contributed by atoms with E-state index in [2.05, 4.69) is 15.8 Å². The monoisotopic (exact) mass is 450 g/mol. The summed E-state index contributed by atoms with van der Waals surface area (Å²) < 4.78 is 19.7. The van der Waals surface area contributed by atoms with Gasteiger partial charge < -0.3 is 9.73 Å². The van der Waals surface area contributed by atoms with E-state index >= 15 is 0 Å². The minimum atomic E-state index is -0.582. The number of para-hydroxylation sites is 1. The number of non-ortho nitro benzene ring substituents is 1. The molecule has 2 N–H and O–H groups in total. The first-order valence-electron chi connectivity index (χ1n) is 10.1. The van der Waals surface area contributed by atoms with Crippen LogP contribution >= 0.6 is 0 Å². The number of anilines is 1. The van der Waals surface area contributed by atoms with Crippen LogP contribution in [0.25, 0.3) is 0 Å². The van der Waals surface area contributed by atoms with Crippen LogP contribution in [0.3, 0.4) is 0 Å². The Hall–Kier alpha value is -4.34. The number of hydrogen-bond acceptors (Lipinski definition) is 6. The van der Waals surface area contributed by atoms with Gasteiger partial charge in [-0.1, -0.05) is 12.1 Å². The summed E-state index contributed by atoms with van der Waals surface area (Å²) in [6.45, 7) is 1.71. The van der Waals surface area contributed by atoms with Gasteiger partial charge in [-0.3, -0.25) is 19.7 Å². The van der Waals surface area contributed by atoms with Crippen LogP contribution < -0.4 is 10.7 Å². The summed E-state index contributed by atoms with van der Waals surface area (Å²) in [5.74, 6) is -1.04. The van der Waals surface area contributed by atoms with Crippen LogP contribution in [0.15, 0.2) is 58.0 Å². The van der Waals surface area contributed by atoms with Gasteiger partial charge in [-0.15, -0.1) is 0 Å². The van der Waals surface area contributed by atoms with Crippen molar-refractivity contribution in [1.29, 1.82) is 0 Å². The number of nitrogens with zero attached hydrogens (tertiary/aromatic N) is 2. The largest absolute Gasteiger partial charge is 0.455 e. The molecule has 10 heteroatoms. The van der Waals surface area contributed by atoms with Crippen molar-refractivity contribution in [3.05, 3.63) is 92.7 Å². The van der Waals surface area contributed by atoms with E-state index < -0.39 is 22.6 Å². The lowest BCUT2D eigenvalue weighted by Gasteiger charge is -2.13. The maximum Gasteiger partial charge on any atom is 0.291 e. The van der Waals surface area contributed by atoms with Gasteiger partial charge in [0.1, 0.15) is 11.6 Å². The van der Waals surface area contributed by atoms with Crippen molar-refractivity contribution in [3.63, 3.8) is 0 Å². The van der Waals surface area contributed by atoms with Gasteiger partial charge in [0.05, 0.1) is 16.3 Å². The Morgan fingerprint density at radius 3 is 2.52 bits per heavy atom. The molecular formula is C23H19FN4O5. The number of furan rings is 1. The molecule has 33 heavy (non-hydrogen) atoms.